The summed E-state index contributed by atoms with van der Waals surface area (Å²) in [6.07, 6.45) is 1.05. The van der Waals surface area contributed by atoms with Gasteiger partial charge in [0.2, 0.25) is 0 Å². The van der Waals surface area contributed by atoms with Gasteiger partial charge in [0.25, 0.3) is 0 Å². The van der Waals surface area contributed by atoms with Crippen LogP contribution in [0.3, 0.4) is 0 Å². The maximum atomic E-state index is 5.62. The molecule has 0 amide bonds. The highest BCUT2D eigenvalue weighted by Gasteiger charge is 2.10. The van der Waals surface area contributed by atoms with E-state index in [0.717, 1.165) is 25.3 Å². The van der Waals surface area contributed by atoms with Gasteiger partial charge in [-0.05, 0) is 30.7 Å². The van der Waals surface area contributed by atoms with Gasteiger partial charge in [0.05, 0.1) is 19.8 Å². The summed E-state index contributed by atoms with van der Waals surface area (Å²) in [6.45, 7) is 6.67. The van der Waals surface area contributed by atoms with Crippen molar-refractivity contribution in [2.24, 2.45) is 0 Å². The van der Waals surface area contributed by atoms with Gasteiger partial charge >= 0.3 is 0 Å². The van der Waals surface area contributed by atoms with Crippen LogP contribution in [-0.2, 0) is 4.74 Å². The summed E-state index contributed by atoms with van der Waals surface area (Å²) >= 11 is 0. The number of ether oxygens (including phenoxy) is 2. The molecule has 1 rings (SSSR count). The monoisotopic (exact) mass is 237 g/mol. The molecule has 0 radical (unpaired) electrons. The molecule has 3 nitrogen and oxygen atoms in total. The van der Waals surface area contributed by atoms with E-state index in [1.807, 2.05) is 12.1 Å². The molecule has 0 heterocycles. The Kier molecular flexibility index (Phi) is 6.67. The Bertz CT molecular complexity index is 315. The van der Waals surface area contributed by atoms with Gasteiger partial charge in [-0.25, -0.2) is 0 Å². The van der Waals surface area contributed by atoms with Crippen LogP contribution in [0.5, 0.6) is 5.75 Å². The van der Waals surface area contributed by atoms with Gasteiger partial charge in [0.15, 0.2) is 0 Å². The van der Waals surface area contributed by atoms with Crippen LogP contribution in [-0.4, -0.2) is 26.9 Å². The highest BCUT2D eigenvalue weighted by molar-refractivity contribution is 5.30. The fraction of sp³-hybridized carbons (Fsp3) is 0.571. The van der Waals surface area contributed by atoms with Crippen molar-refractivity contribution in [3.05, 3.63) is 29.8 Å². The van der Waals surface area contributed by atoms with Crippen LogP contribution in [0.25, 0.3) is 0 Å². The minimum atomic E-state index is 0.238. The molecule has 0 aliphatic rings. The average Bonchev–Trinajstić information content (AvgIpc) is 2.38. The third-order valence-electron chi connectivity index (χ3n) is 2.58. The normalized spacial score (nSPS) is 12.4. The number of likely N-dealkylation sites (N-methyl/N-ethyl adjacent to an activating group) is 1. The van der Waals surface area contributed by atoms with Gasteiger partial charge in [-0.15, -0.1) is 0 Å². The predicted octanol–water partition coefficient (Wildman–Crippen LogP) is 2.77. The zero-order valence-corrected chi connectivity index (χ0v) is 11.0. The second kappa shape index (κ2) is 8.09. The number of methoxy groups -OCH3 is 1. The molecule has 3 heteroatoms. The first kappa shape index (κ1) is 14.0. The van der Waals surface area contributed by atoms with E-state index in [1.54, 1.807) is 7.11 Å². The van der Waals surface area contributed by atoms with Crippen LogP contribution in [0, 0.1) is 0 Å². The molecule has 1 atom stereocenters. The summed E-state index contributed by atoms with van der Waals surface area (Å²) in [5.74, 6) is 0.890. The van der Waals surface area contributed by atoms with E-state index in [0.29, 0.717) is 6.61 Å². The molecular formula is C14H23NO2. The number of benzene rings is 1. The van der Waals surface area contributed by atoms with E-state index in [4.69, 9.17) is 9.47 Å². The minimum Gasteiger partial charge on any atom is -0.497 e. The minimum absolute atomic E-state index is 0.238. The summed E-state index contributed by atoms with van der Waals surface area (Å²) in [6, 6.07) is 8.37. The summed E-state index contributed by atoms with van der Waals surface area (Å²) in [5.41, 5.74) is 1.21. The van der Waals surface area contributed by atoms with Crippen molar-refractivity contribution in [1.29, 1.82) is 0 Å². The molecule has 0 spiro atoms. The lowest BCUT2D eigenvalue weighted by Gasteiger charge is -2.19. The molecule has 1 unspecified atom stereocenters. The van der Waals surface area contributed by atoms with Gasteiger partial charge in [-0.2, -0.15) is 0 Å². The van der Waals surface area contributed by atoms with Crippen molar-refractivity contribution in [1.82, 2.24) is 5.32 Å². The summed E-state index contributed by atoms with van der Waals surface area (Å²) in [4.78, 5) is 0. The third kappa shape index (κ3) is 4.75. The molecule has 0 saturated heterocycles. The van der Waals surface area contributed by atoms with Crippen LogP contribution < -0.4 is 10.1 Å². The number of nitrogens with one attached hydrogen (secondary N) is 1. The average molecular weight is 237 g/mol. The molecule has 1 aromatic carbocycles. The highest BCUT2D eigenvalue weighted by atomic mass is 16.5. The molecule has 1 aromatic rings. The quantitative estimate of drug-likeness (QED) is 0.705. The SMILES string of the molecule is CCCOCC(NCC)c1cccc(OC)c1. The van der Waals surface area contributed by atoms with Gasteiger partial charge in [-0.1, -0.05) is 26.0 Å². The first-order valence-electron chi connectivity index (χ1n) is 6.26. The largest absolute Gasteiger partial charge is 0.497 e. The van der Waals surface area contributed by atoms with E-state index in [9.17, 15) is 0 Å². The van der Waals surface area contributed by atoms with Crippen molar-refractivity contribution >= 4 is 0 Å². The molecule has 0 aliphatic carbocycles. The Hall–Kier alpha value is -1.06. The molecule has 0 bridgehead atoms. The van der Waals surface area contributed by atoms with Crippen molar-refractivity contribution in [2.75, 3.05) is 26.9 Å². The second-order valence-corrected chi connectivity index (χ2v) is 3.96. The third-order valence-corrected chi connectivity index (χ3v) is 2.58. The van der Waals surface area contributed by atoms with Crippen molar-refractivity contribution in [3.63, 3.8) is 0 Å². The van der Waals surface area contributed by atoms with Crippen molar-refractivity contribution in [3.8, 4) is 5.75 Å². The Morgan fingerprint density at radius 3 is 2.76 bits per heavy atom. The Balaban J connectivity index is 2.66. The van der Waals surface area contributed by atoms with Crippen LogP contribution in [0.2, 0.25) is 0 Å². The fourth-order valence-electron chi connectivity index (χ4n) is 1.72. The zero-order chi connectivity index (χ0) is 12.5. The van der Waals surface area contributed by atoms with Crippen LogP contribution in [0.4, 0.5) is 0 Å². The van der Waals surface area contributed by atoms with Gasteiger partial charge < -0.3 is 14.8 Å². The van der Waals surface area contributed by atoms with Gasteiger partial charge in [-0.3, -0.25) is 0 Å². The van der Waals surface area contributed by atoms with Crippen LogP contribution in [0.1, 0.15) is 31.9 Å². The Morgan fingerprint density at radius 2 is 2.12 bits per heavy atom. The lowest BCUT2D eigenvalue weighted by molar-refractivity contribution is 0.112. The molecule has 17 heavy (non-hydrogen) atoms. The number of hydrogen-bond acceptors (Lipinski definition) is 3. The lowest BCUT2D eigenvalue weighted by Crippen LogP contribution is -2.25. The van der Waals surface area contributed by atoms with Gasteiger partial charge in [0.1, 0.15) is 5.75 Å². The maximum absolute atomic E-state index is 5.62. The van der Waals surface area contributed by atoms with Crippen molar-refractivity contribution in [2.45, 2.75) is 26.3 Å². The summed E-state index contributed by atoms with van der Waals surface area (Å²) in [5, 5.41) is 3.43. The first-order chi connectivity index (χ1) is 8.31. The smallest absolute Gasteiger partial charge is 0.119 e. The first-order valence-corrected chi connectivity index (χ1v) is 6.26. The molecule has 96 valence electrons. The lowest BCUT2D eigenvalue weighted by atomic mass is 10.1. The number of hydrogen-bond donors (Lipinski definition) is 1. The van der Waals surface area contributed by atoms with E-state index < -0.39 is 0 Å². The Morgan fingerprint density at radius 1 is 1.29 bits per heavy atom. The molecular weight excluding hydrogens is 214 g/mol. The second-order valence-electron chi connectivity index (χ2n) is 3.96. The molecule has 0 saturated carbocycles. The highest BCUT2D eigenvalue weighted by Crippen LogP contribution is 2.19. The number of rotatable bonds is 8. The molecule has 0 aromatic heterocycles. The topological polar surface area (TPSA) is 30.5 Å². The van der Waals surface area contributed by atoms with E-state index >= 15 is 0 Å². The summed E-state index contributed by atoms with van der Waals surface area (Å²) in [7, 11) is 1.69. The standard InChI is InChI=1S/C14H23NO2/c1-4-9-17-11-14(15-5-2)12-7-6-8-13(10-12)16-3/h6-8,10,14-15H,4-5,9,11H2,1-3H3. The fourth-order valence-corrected chi connectivity index (χ4v) is 1.72. The van der Waals surface area contributed by atoms with E-state index in [-0.39, 0.29) is 6.04 Å². The molecule has 0 aliphatic heterocycles. The summed E-state index contributed by atoms with van der Waals surface area (Å²) < 4.78 is 10.9. The zero-order valence-electron chi connectivity index (χ0n) is 11.0. The Labute approximate surface area is 104 Å². The van der Waals surface area contributed by atoms with Crippen LogP contribution >= 0.6 is 0 Å². The van der Waals surface area contributed by atoms with Crippen LogP contribution in [0.15, 0.2) is 24.3 Å². The van der Waals surface area contributed by atoms with E-state index in [2.05, 4.69) is 31.3 Å². The molecule has 1 N–H and O–H groups in total. The van der Waals surface area contributed by atoms with Gasteiger partial charge in [0, 0.05) is 6.61 Å². The van der Waals surface area contributed by atoms with Crippen molar-refractivity contribution < 1.29 is 9.47 Å². The maximum Gasteiger partial charge on any atom is 0.119 e. The van der Waals surface area contributed by atoms with E-state index in [1.165, 1.54) is 5.56 Å². The predicted molar refractivity (Wildman–Crippen MR) is 70.5 cm³/mol. The molecule has 0 fully saturated rings.